The fourth-order valence-electron chi connectivity index (χ4n) is 3.62. The van der Waals surface area contributed by atoms with E-state index in [2.05, 4.69) is 30.7 Å². The zero-order valence-corrected chi connectivity index (χ0v) is 16.0. The number of nitrogens with one attached hydrogen (secondary N) is 1. The first-order chi connectivity index (χ1) is 13.8. The van der Waals surface area contributed by atoms with Gasteiger partial charge in [-0.3, -0.25) is 4.79 Å². The van der Waals surface area contributed by atoms with E-state index in [4.69, 9.17) is 0 Å². The number of thiazole rings is 1. The maximum atomic E-state index is 12.7. The highest BCUT2D eigenvalue weighted by atomic mass is 32.1. The minimum Gasteiger partial charge on any atom is -0.353 e. The molecule has 1 aliphatic rings. The van der Waals surface area contributed by atoms with Gasteiger partial charge in [-0.15, -0.1) is 11.3 Å². The van der Waals surface area contributed by atoms with Gasteiger partial charge in [0.25, 0.3) is 5.91 Å². The minimum atomic E-state index is -0.112. The number of rotatable bonds is 4. The summed E-state index contributed by atoms with van der Waals surface area (Å²) in [6.45, 7) is 1.62. The third-order valence-electron chi connectivity index (χ3n) is 5.01. The van der Waals surface area contributed by atoms with Crippen LogP contribution in [0.15, 0.2) is 66.4 Å². The Labute approximate surface area is 166 Å². The molecule has 140 valence electrons. The molecule has 1 aliphatic heterocycles. The minimum absolute atomic E-state index is 0.0893. The number of fused-ring (bicyclic) bond motifs is 1. The van der Waals surface area contributed by atoms with Crippen LogP contribution in [0, 0.1) is 0 Å². The van der Waals surface area contributed by atoms with Crippen LogP contribution in [0.1, 0.15) is 16.9 Å². The Morgan fingerprint density at radius 2 is 2.04 bits per heavy atom. The molecule has 1 aromatic carbocycles. The molecule has 0 radical (unpaired) electrons. The van der Waals surface area contributed by atoms with Crippen LogP contribution >= 0.6 is 11.3 Å². The molecule has 4 heterocycles. The molecule has 4 aromatic rings. The Balaban J connectivity index is 1.27. The molecule has 28 heavy (non-hydrogen) atoms. The zero-order chi connectivity index (χ0) is 18.9. The molecule has 1 amide bonds. The molecule has 0 bridgehead atoms. The van der Waals surface area contributed by atoms with Gasteiger partial charge in [0.1, 0.15) is 10.7 Å². The van der Waals surface area contributed by atoms with Gasteiger partial charge in [-0.2, -0.15) is 0 Å². The number of benzene rings is 1. The normalized spacial score (nSPS) is 16.6. The summed E-state index contributed by atoms with van der Waals surface area (Å²) >= 11 is 1.49. The van der Waals surface area contributed by atoms with Crippen molar-refractivity contribution in [3.05, 3.63) is 72.1 Å². The molecule has 1 fully saturated rings. The molecule has 7 heteroatoms. The van der Waals surface area contributed by atoms with Crippen molar-refractivity contribution < 1.29 is 4.79 Å². The van der Waals surface area contributed by atoms with Crippen LogP contribution < -0.4 is 10.2 Å². The first-order valence-corrected chi connectivity index (χ1v) is 10.1. The van der Waals surface area contributed by atoms with Crippen LogP contribution in [0.5, 0.6) is 0 Å². The van der Waals surface area contributed by atoms with Gasteiger partial charge < -0.3 is 14.6 Å². The Kier molecular flexibility index (Phi) is 4.29. The van der Waals surface area contributed by atoms with Crippen LogP contribution in [-0.2, 0) is 0 Å². The lowest BCUT2D eigenvalue weighted by atomic mass is 10.2. The lowest BCUT2D eigenvalue weighted by Gasteiger charge is -2.18. The second-order valence-electron chi connectivity index (χ2n) is 6.86. The molecule has 1 N–H and O–H groups in total. The average molecular weight is 389 g/mol. The Morgan fingerprint density at radius 1 is 1.14 bits per heavy atom. The number of amides is 1. The van der Waals surface area contributed by atoms with Gasteiger partial charge in [-0.1, -0.05) is 30.3 Å². The number of carbonyl (C=O) groups is 1. The van der Waals surface area contributed by atoms with Crippen LogP contribution in [0.3, 0.4) is 0 Å². The average Bonchev–Trinajstić information content (AvgIpc) is 3.48. The maximum Gasteiger partial charge on any atom is 0.271 e. The van der Waals surface area contributed by atoms with Gasteiger partial charge in [-0.05, 0) is 18.6 Å². The van der Waals surface area contributed by atoms with Gasteiger partial charge >= 0.3 is 0 Å². The van der Waals surface area contributed by atoms with E-state index in [-0.39, 0.29) is 11.9 Å². The van der Waals surface area contributed by atoms with Crippen LogP contribution in [-0.4, -0.2) is 39.4 Å². The molecule has 1 atom stereocenters. The van der Waals surface area contributed by atoms with E-state index >= 15 is 0 Å². The summed E-state index contributed by atoms with van der Waals surface area (Å²) in [5.41, 5.74) is 2.60. The Bertz CT molecular complexity index is 1120. The number of hydrogen-bond donors (Lipinski definition) is 1. The lowest BCUT2D eigenvalue weighted by molar-refractivity contribution is 0.0936. The van der Waals surface area contributed by atoms with Crippen LogP contribution in [0.25, 0.3) is 16.1 Å². The largest absolute Gasteiger partial charge is 0.353 e. The summed E-state index contributed by atoms with van der Waals surface area (Å²) in [5.74, 6) is 0.850. The van der Waals surface area contributed by atoms with E-state index < -0.39 is 0 Å². The zero-order valence-electron chi connectivity index (χ0n) is 15.2. The predicted octanol–water partition coefficient (Wildman–Crippen LogP) is 3.47. The Hall–Kier alpha value is -3.19. The topological polar surface area (TPSA) is 62.5 Å². The molecule has 0 saturated carbocycles. The number of aromatic nitrogens is 3. The standard InChI is InChI=1S/C21H19N5OS/c27-20(17-14-28-21(24-17)15-5-2-1-3-6-15)23-16-8-11-26(13-16)19-18-7-4-10-25(18)12-9-22-19/h1-7,9-10,12,14,16H,8,11,13H2,(H,23,27). The number of nitrogens with zero attached hydrogens (tertiary/aromatic N) is 4. The summed E-state index contributed by atoms with van der Waals surface area (Å²) in [6, 6.07) is 14.1. The number of hydrogen-bond acceptors (Lipinski definition) is 5. The summed E-state index contributed by atoms with van der Waals surface area (Å²) in [4.78, 5) is 23.9. The van der Waals surface area contributed by atoms with E-state index in [1.165, 1.54) is 11.3 Å². The van der Waals surface area contributed by atoms with Crippen LogP contribution in [0.2, 0.25) is 0 Å². The van der Waals surface area contributed by atoms with E-state index in [9.17, 15) is 4.79 Å². The fourth-order valence-corrected chi connectivity index (χ4v) is 4.43. The first kappa shape index (κ1) is 16.9. The SMILES string of the molecule is O=C(NC1CCN(c2nccn3cccc23)C1)c1csc(-c2ccccc2)n1. The molecule has 0 aliphatic carbocycles. The van der Waals surface area contributed by atoms with E-state index in [1.807, 2.05) is 60.4 Å². The van der Waals surface area contributed by atoms with Crippen molar-refractivity contribution in [3.8, 4) is 10.6 Å². The van der Waals surface area contributed by atoms with Gasteiger partial charge in [-0.25, -0.2) is 9.97 Å². The smallest absolute Gasteiger partial charge is 0.271 e. The highest BCUT2D eigenvalue weighted by Gasteiger charge is 2.27. The van der Waals surface area contributed by atoms with Gasteiger partial charge in [0.05, 0.1) is 5.52 Å². The second kappa shape index (κ2) is 7.09. The second-order valence-corrected chi connectivity index (χ2v) is 7.72. The quantitative estimate of drug-likeness (QED) is 0.581. The number of anilines is 1. The first-order valence-electron chi connectivity index (χ1n) is 9.26. The molecule has 1 saturated heterocycles. The molecule has 3 aromatic heterocycles. The molecular weight excluding hydrogens is 370 g/mol. The van der Waals surface area contributed by atoms with Crippen LogP contribution in [0.4, 0.5) is 5.82 Å². The summed E-state index contributed by atoms with van der Waals surface area (Å²) in [6.07, 6.45) is 6.67. The Morgan fingerprint density at radius 3 is 2.93 bits per heavy atom. The van der Waals surface area contributed by atoms with Gasteiger partial charge in [0, 0.05) is 48.7 Å². The molecular formula is C21H19N5OS. The molecule has 6 nitrogen and oxygen atoms in total. The van der Waals surface area contributed by atoms with Crippen molar-refractivity contribution >= 4 is 28.6 Å². The van der Waals surface area contributed by atoms with Crippen molar-refractivity contribution in [2.45, 2.75) is 12.5 Å². The van der Waals surface area contributed by atoms with E-state index in [0.29, 0.717) is 5.69 Å². The maximum absolute atomic E-state index is 12.7. The van der Waals surface area contributed by atoms with Crippen molar-refractivity contribution in [1.29, 1.82) is 0 Å². The fraction of sp³-hybridized carbons (Fsp3) is 0.190. The lowest BCUT2D eigenvalue weighted by Crippen LogP contribution is -2.37. The molecule has 0 spiro atoms. The summed E-state index contributed by atoms with van der Waals surface area (Å²) < 4.78 is 2.06. The molecule has 1 unspecified atom stereocenters. The monoisotopic (exact) mass is 389 g/mol. The van der Waals surface area contributed by atoms with Crippen molar-refractivity contribution in [3.63, 3.8) is 0 Å². The third kappa shape index (κ3) is 3.14. The van der Waals surface area contributed by atoms with E-state index in [1.54, 1.807) is 0 Å². The van der Waals surface area contributed by atoms with E-state index in [0.717, 1.165) is 41.4 Å². The third-order valence-corrected chi connectivity index (χ3v) is 5.90. The summed E-state index contributed by atoms with van der Waals surface area (Å²) in [5, 5.41) is 5.82. The predicted molar refractivity (Wildman–Crippen MR) is 111 cm³/mol. The molecule has 5 rings (SSSR count). The van der Waals surface area contributed by atoms with Crippen molar-refractivity contribution in [2.75, 3.05) is 18.0 Å². The highest BCUT2D eigenvalue weighted by Crippen LogP contribution is 2.25. The van der Waals surface area contributed by atoms with Crippen molar-refractivity contribution in [1.82, 2.24) is 19.7 Å². The highest BCUT2D eigenvalue weighted by molar-refractivity contribution is 7.13. The summed E-state index contributed by atoms with van der Waals surface area (Å²) in [7, 11) is 0. The number of carbonyl (C=O) groups excluding carboxylic acids is 1. The van der Waals surface area contributed by atoms with Gasteiger partial charge in [0.2, 0.25) is 0 Å². The van der Waals surface area contributed by atoms with Gasteiger partial charge in [0.15, 0.2) is 5.82 Å². The van der Waals surface area contributed by atoms with Crippen molar-refractivity contribution in [2.24, 2.45) is 0 Å².